The molecule has 1 saturated heterocycles. The van der Waals surface area contributed by atoms with Gasteiger partial charge in [-0.2, -0.15) is 0 Å². The van der Waals surface area contributed by atoms with Gasteiger partial charge >= 0.3 is 12.4 Å². The molecule has 0 spiro atoms. The van der Waals surface area contributed by atoms with E-state index in [0.29, 0.717) is 29.4 Å². The van der Waals surface area contributed by atoms with Gasteiger partial charge in [-0.25, -0.2) is 14.8 Å². The van der Waals surface area contributed by atoms with Crippen LogP contribution in [0.4, 0.5) is 35.3 Å². The maximum atomic E-state index is 13.1. The molecule has 1 N–H and O–H groups in total. The zero-order valence-electron chi connectivity index (χ0n) is 16.6. The number of urea groups is 1. The summed E-state index contributed by atoms with van der Waals surface area (Å²) in [4.78, 5) is 29.5. The van der Waals surface area contributed by atoms with Crippen molar-refractivity contribution in [3.63, 3.8) is 0 Å². The number of ether oxygens (including phenoxy) is 1. The van der Waals surface area contributed by atoms with E-state index in [1.54, 1.807) is 17.0 Å². The van der Waals surface area contributed by atoms with Crippen LogP contribution in [0.1, 0.15) is 6.42 Å². The Morgan fingerprint density at radius 3 is 2.84 bits per heavy atom. The fourth-order valence-electron chi connectivity index (χ4n) is 4.02. The number of aromatic nitrogens is 3. The van der Waals surface area contributed by atoms with E-state index in [-0.39, 0.29) is 11.8 Å². The lowest BCUT2D eigenvalue weighted by molar-refractivity contribution is -0.274. The molecule has 32 heavy (non-hydrogen) atoms. The lowest BCUT2D eigenvalue weighted by Crippen LogP contribution is -2.48. The first-order chi connectivity index (χ1) is 15.4. The topological polar surface area (TPSA) is 83.5 Å². The summed E-state index contributed by atoms with van der Waals surface area (Å²) in [5, 5.41) is 2.74. The van der Waals surface area contributed by atoms with Crippen molar-refractivity contribution >= 4 is 23.4 Å². The summed E-state index contributed by atoms with van der Waals surface area (Å²) >= 11 is 0. The van der Waals surface area contributed by atoms with Crippen molar-refractivity contribution in [1.29, 1.82) is 0 Å². The fraction of sp³-hybridized carbons (Fsp3) is 0.238. The number of hydrogen-bond donors (Lipinski definition) is 1. The minimum atomic E-state index is -4.79. The molecule has 1 fully saturated rings. The Morgan fingerprint density at radius 1 is 1.19 bits per heavy atom. The monoisotopic (exact) mass is 442 g/mol. The van der Waals surface area contributed by atoms with Crippen molar-refractivity contribution in [2.75, 3.05) is 28.2 Å². The summed E-state index contributed by atoms with van der Waals surface area (Å²) in [6, 6.07) is 8.68. The second-order valence-corrected chi connectivity index (χ2v) is 7.39. The molecule has 2 amide bonds. The first-order valence-corrected chi connectivity index (χ1v) is 9.86. The summed E-state index contributed by atoms with van der Waals surface area (Å²) in [6.45, 7) is 1.46. The second kappa shape index (κ2) is 7.66. The first kappa shape index (κ1) is 20.0. The average molecular weight is 442 g/mol. The molecular weight excluding hydrogens is 425 g/mol. The third-order valence-corrected chi connectivity index (χ3v) is 5.33. The van der Waals surface area contributed by atoms with Gasteiger partial charge in [0.25, 0.3) is 0 Å². The zero-order chi connectivity index (χ0) is 22.3. The summed E-state index contributed by atoms with van der Waals surface area (Å²) < 4.78 is 41.8. The lowest BCUT2D eigenvalue weighted by Gasteiger charge is -2.35. The molecule has 2 aliphatic rings. The maximum Gasteiger partial charge on any atom is 0.573 e. The number of nitrogens with one attached hydrogen (secondary N) is 1. The van der Waals surface area contributed by atoms with Crippen LogP contribution in [0.3, 0.4) is 0 Å². The van der Waals surface area contributed by atoms with Gasteiger partial charge in [-0.3, -0.25) is 15.2 Å². The molecule has 2 aromatic heterocycles. The molecule has 11 heteroatoms. The number of rotatable bonds is 3. The van der Waals surface area contributed by atoms with Crippen molar-refractivity contribution in [2.45, 2.75) is 18.8 Å². The number of fused-ring (bicyclic) bond motifs is 4. The van der Waals surface area contributed by atoms with E-state index >= 15 is 0 Å². The highest BCUT2D eigenvalue weighted by molar-refractivity contribution is 6.04. The standard InChI is InChI=1S/C21H17F3N6O2/c22-21(23,24)32-15-3-1-2-13(10-15)16-4-5-17-19(27-16)30(14-6-9-29(17)12-14)20(31)28-18-11-25-7-8-26-18/h1-5,7-8,10-11,14H,6,9,12H2,(H,26,28,31)/t14-/m0/s1. The van der Waals surface area contributed by atoms with E-state index in [2.05, 4.69) is 29.9 Å². The van der Waals surface area contributed by atoms with Gasteiger partial charge in [0.1, 0.15) is 5.75 Å². The van der Waals surface area contributed by atoms with Crippen LogP contribution in [0, 0.1) is 0 Å². The van der Waals surface area contributed by atoms with Crippen molar-refractivity contribution in [3.05, 3.63) is 55.0 Å². The molecule has 8 nitrogen and oxygen atoms in total. The van der Waals surface area contributed by atoms with Gasteiger partial charge in [-0.05, 0) is 30.7 Å². The number of anilines is 3. The van der Waals surface area contributed by atoms with Crippen molar-refractivity contribution in [1.82, 2.24) is 15.0 Å². The van der Waals surface area contributed by atoms with E-state index in [4.69, 9.17) is 0 Å². The van der Waals surface area contributed by atoms with E-state index in [1.807, 2.05) is 6.07 Å². The van der Waals surface area contributed by atoms with Gasteiger partial charge in [0, 0.05) is 31.0 Å². The average Bonchev–Trinajstić information content (AvgIpc) is 3.17. The van der Waals surface area contributed by atoms with Gasteiger partial charge in [0.15, 0.2) is 11.6 Å². The number of hydrogen-bond acceptors (Lipinski definition) is 6. The van der Waals surface area contributed by atoms with Crippen LogP contribution < -0.4 is 19.9 Å². The van der Waals surface area contributed by atoms with Crippen molar-refractivity contribution < 1.29 is 22.7 Å². The zero-order valence-corrected chi connectivity index (χ0v) is 16.6. The van der Waals surface area contributed by atoms with Gasteiger partial charge in [-0.1, -0.05) is 12.1 Å². The molecule has 0 saturated carbocycles. The van der Waals surface area contributed by atoms with E-state index in [0.717, 1.165) is 18.7 Å². The maximum absolute atomic E-state index is 13.1. The molecule has 1 atom stereocenters. The van der Waals surface area contributed by atoms with Crippen molar-refractivity contribution in [3.8, 4) is 17.0 Å². The molecule has 0 aliphatic carbocycles. The second-order valence-electron chi connectivity index (χ2n) is 7.39. The quantitative estimate of drug-likeness (QED) is 0.659. The predicted molar refractivity (Wildman–Crippen MR) is 111 cm³/mol. The smallest absolute Gasteiger partial charge is 0.406 e. The number of benzene rings is 1. The van der Waals surface area contributed by atoms with Crippen LogP contribution in [0.15, 0.2) is 55.0 Å². The molecule has 1 aromatic carbocycles. The number of pyridine rings is 1. The van der Waals surface area contributed by atoms with Gasteiger partial charge in [0.05, 0.1) is 23.6 Å². The highest BCUT2D eigenvalue weighted by atomic mass is 19.4. The van der Waals surface area contributed by atoms with Crippen LogP contribution in [0.25, 0.3) is 11.3 Å². The van der Waals surface area contributed by atoms with E-state index in [9.17, 15) is 18.0 Å². The molecule has 0 radical (unpaired) electrons. The van der Waals surface area contributed by atoms with Crippen LogP contribution in [0.2, 0.25) is 0 Å². The Morgan fingerprint density at radius 2 is 2.06 bits per heavy atom. The summed E-state index contributed by atoms with van der Waals surface area (Å²) in [5.41, 5.74) is 1.66. The highest BCUT2D eigenvalue weighted by Crippen LogP contribution is 2.40. The molecule has 0 unspecified atom stereocenters. The molecule has 164 valence electrons. The number of carbonyl (C=O) groups excluding carboxylic acids is 1. The van der Waals surface area contributed by atoms with Gasteiger partial charge < -0.3 is 9.64 Å². The molecule has 3 aromatic rings. The Labute approximate surface area is 180 Å². The SMILES string of the molecule is O=C(Nc1cnccn1)N1c2nc(-c3cccc(OC(F)(F)F)c3)ccc2N2CC[C@H]1C2. The minimum absolute atomic E-state index is 0.0816. The molecule has 2 aliphatic heterocycles. The Balaban J connectivity index is 1.50. The third-order valence-electron chi connectivity index (χ3n) is 5.33. The number of halogens is 3. The van der Waals surface area contributed by atoms with Gasteiger partial charge in [0.2, 0.25) is 0 Å². The lowest BCUT2D eigenvalue weighted by atomic mass is 10.1. The fourth-order valence-corrected chi connectivity index (χ4v) is 4.02. The largest absolute Gasteiger partial charge is 0.573 e. The molecule has 2 bridgehead atoms. The molecule has 4 heterocycles. The third kappa shape index (κ3) is 3.88. The summed E-state index contributed by atoms with van der Waals surface area (Å²) in [5.74, 6) is 0.419. The number of carbonyl (C=O) groups is 1. The van der Waals surface area contributed by atoms with E-state index in [1.165, 1.54) is 36.8 Å². The number of amides is 2. The number of nitrogens with zero attached hydrogens (tertiary/aromatic N) is 5. The number of alkyl halides is 3. The Hall–Kier alpha value is -3.89. The Kier molecular flexibility index (Phi) is 4.80. The van der Waals surface area contributed by atoms with Crippen LogP contribution in [-0.4, -0.2) is 46.5 Å². The van der Waals surface area contributed by atoms with Crippen molar-refractivity contribution in [2.24, 2.45) is 0 Å². The van der Waals surface area contributed by atoms with E-state index < -0.39 is 12.4 Å². The van der Waals surface area contributed by atoms with Gasteiger partial charge in [-0.15, -0.1) is 13.2 Å². The molecular formula is C21H17F3N6O2. The summed E-state index contributed by atoms with van der Waals surface area (Å²) in [6.07, 6.45) is 0.409. The normalized spacial score (nSPS) is 17.2. The first-order valence-electron chi connectivity index (χ1n) is 9.86. The highest BCUT2D eigenvalue weighted by Gasteiger charge is 2.40. The van der Waals surface area contributed by atoms with Crippen LogP contribution in [-0.2, 0) is 0 Å². The predicted octanol–water partition coefficient (Wildman–Crippen LogP) is 4.07. The van der Waals surface area contributed by atoms with Crippen LogP contribution in [0.5, 0.6) is 5.75 Å². The molecule has 5 rings (SSSR count). The summed E-state index contributed by atoms with van der Waals surface area (Å²) in [7, 11) is 0. The Bertz CT molecular complexity index is 1160. The van der Waals surface area contributed by atoms with Crippen LogP contribution >= 0.6 is 0 Å². The minimum Gasteiger partial charge on any atom is -0.406 e.